The molecule has 0 radical (unpaired) electrons. The van der Waals surface area contributed by atoms with Crippen LogP contribution in [-0.2, 0) is 21.1 Å². The Bertz CT molecular complexity index is 6.14. The molecule has 0 saturated carbocycles. The van der Waals surface area contributed by atoms with E-state index in [2.05, 4.69) is 27.7 Å². The molecule has 0 aromatic heterocycles. The van der Waals surface area contributed by atoms with Crippen molar-refractivity contribution in [3.8, 4) is 0 Å². The van der Waals surface area contributed by atoms with Crippen LogP contribution in [0.2, 0.25) is 0 Å². The molecule has 46 valence electrons. The van der Waals surface area contributed by atoms with Crippen molar-refractivity contribution in [2.45, 2.75) is 40.5 Å². The first-order valence-corrected chi connectivity index (χ1v) is 2.83. The van der Waals surface area contributed by atoms with Crippen molar-refractivity contribution < 1.29 is 21.1 Å². The average molecular weight is 272 g/mol. The average Bonchev–Trinajstić information content (AvgIpc) is 1.39. The van der Waals surface area contributed by atoms with Crippen molar-refractivity contribution in [3.05, 3.63) is 0 Å². The number of rotatable bonds is 0. The minimum absolute atomic E-state index is 0. The molecule has 0 saturated heterocycles. The molecular weight excluding hydrogens is 256 g/mol. The molecule has 0 N–H and O–H groups in total. The topological polar surface area (TPSA) is 0 Å². The van der Waals surface area contributed by atoms with Crippen LogP contribution in [0.15, 0.2) is 0 Å². The first-order chi connectivity index (χ1) is 2.83. The fourth-order valence-electron chi connectivity index (χ4n) is 0. The van der Waals surface area contributed by atoms with Crippen LogP contribution in [0.5, 0.6) is 0 Å². The normalized spacial score (nSPS) is 5.14. The van der Waals surface area contributed by atoms with Gasteiger partial charge in [0.1, 0.15) is 0 Å². The second-order valence-corrected chi connectivity index (χ2v) is 1.41. The Kier molecular flexibility index (Phi) is 66.9. The Hall–Kier alpha value is 0.688. The Morgan fingerprint density at radius 1 is 0.714 bits per heavy atom. The summed E-state index contributed by atoms with van der Waals surface area (Å²) < 4.78 is 0. The van der Waals surface area contributed by atoms with Crippen molar-refractivity contribution in [3.63, 3.8) is 0 Å². The van der Waals surface area contributed by atoms with Gasteiger partial charge in [-0.2, -0.15) is 0 Å². The van der Waals surface area contributed by atoms with Gasteiger partial charge in [0.2, 0.25) is 0 Å². The van der Waals surface area contributed by atoms with E-state index in [4.69, 9.17) is 0 Å². The van der Waals surface area contributed by atoms with Gasteiger partial charge in [0.15, 0.2) is 0 Å². The van der Waals surface area contributed by atoms with Gasteiger partial charge >= 0.3 is 0 Å². The Labute approximate surface area is 62.0 Å². The molecule has 0 aliphatic carbocycles. The van der Waals surface area contributed by atoms with Crippen LogP contribution in [0.3, 0.4) is 0 Å². The fourth-order valence-corrected chi connectivity index (χ4v) is 0. The van der Waals surface area contributed by atoms with Crippen LogP contribution in [0.25, 0.3) is 0 Å². The van der Waals surface area contributed by atoms with Gasteiger partial charge in [-0.3, -0.25) is 0 Å². The third kappa shape index (κ3) is 310. The minimum atomic E-state index is 0. The van der Waals surface area contributed by atoms with Crippen LogP contribution >= 0.6 is 0 Å². The summed E-state index contributed by atoms with van der Waals surface area (Å²) >= 11 is 0. The maximum absolute atomic E-state index is 2.12. The maximum Gasteiger partial charge on any atom is 0 e. The van der Waals surface area contributed by atoms with Crippen LogP contribution in [0.4, 0.5) is 0 Å². The van der Waals surface area contributed by atoms with E-state index in [9.17, 15) is 0 Å². The van der Waals surface area contributed by atoms with E-state index in [-0.39, 0.29) is 21.1 Å². The molecule has 0 nitrogen and oxygen atoms in total. The second kappa shape index (κ2) is 29.9. The van der Waals surface area contributed by atoms with Gasteiger partial charge in [-0.05, 0) is 0 Å². The van der Waals surface area contributed by atoms with E-state index in [0.29, 0.717) is 0 Å². The summed E-state index contributed by atoms with van der Waals surface area (Å²) in [5.74, 6) is 0. The molecule has 0 aliphatic heterocycles. The summed E-state index contributed by atoms with van der Waals surface area (Å²) in [6.45, 7) is 8.50. The van der Waals surface area contributed by atoms with Gasteiger partial charge in [-0.25, -0.2) is 0 Å². The minimum Gasteiger partial charge on any atom is -0.0656 e. The van der Waals surface area contributed by atoms with Crippen molar-refractivity contribution in [2.75, 3.05) is 0 Å². The fraction of sp³-hybridized carbons (Fsp3) is 1.00. The third-order valence-electron chi connectivity index (χ3n) is 0. The maximum atomic E-state index is 2.12. The van der Waals surface area contributed by atoms with Crippen molar-refractivity contribution in [1.29, 1.82) is 0 Å². The van der Waals surface area contributed by atoms with E-state index in [1.165, 1.54) is 12.8 Å². The molecule has 0 spiro atoms. The molecule has 0 rings (SSSR count). The monoisotopic (exact) mass is 272 g/mol. The summed E-state index contributed by atoms with van der Waals surface area (Å²) in [6.07, 6.45) is 2.50. The van der Waals surface area contributed by atoms with E-state index >= 15 is 0 Å². The SMILES string of the molecule is CCC.CCC.[W]. The first kappa shape index (κ1) is 15.6. The van der Waals surface area contributed by atoms with Gasteiger partial charge in [0, 0.05) is 21.1 Å². The predicted octanol–water partition coefficient (Wildman–Crippen LogP) is 2.83. The zero-order valence-electron chi connectivity index (χ0n) is 5.82. The van der Waals surface area contributed by atoms with E-state index in [1.54, 1.807) is 0 Å². The summed E-state index contributed by atoms with van der Waals surface area (Å²) in [5.41, 5.74) is 0. The second-order valence-electron chi connectivity index (χ2n) is 1.41. The molecule has 0 aromatic rings. The van der Waals surface area contributed by atoms with Gasteiger partial charge in [-0.15, -0.1) is 0 Å². The predicted molar refractivity (Wildman–Crippen MR) is 31.9 cm³/mol. The Morgan fingerprint density at radius 2 is 0.714 bits per heavy atom. The van der Waals surface area contributed by atoms with Gasteiger partial charge in [0.25, 0.3) is 0 Å². The summed E-state index contributed by atoms with van der Waals surface area (Å²) in [5, 5.41) is 0. The van der Waals surface area contributed by atoms with Crippen molar-refractivity contribution in [1.82, 2.24) is 0 Å². The molecule has 0 atom stereocenters. The molecule has 1 heteroatoms. The molecule has 0 amide bonds. The summed E-state index contributed by atoms with van der Waals surface area (Å²) in [4.78, 5) is 0. The quantitative estimate of drug-likeness (QED) is 0.636. The smallest absolute Gasteiger partial charge is 0 e. The molecule has 0 unspecified atom stereocenters. The van der Waals surface area contributed by atoms with Gasteiger partial charge in [0.05, 0.1) is 0 Å². The van der Waals surface area contributed by atoms with Crippen LogP contribution < -0.4 is 0 Å². The van der Waals surface area contributed by atoms with E-state index in [1.807, 2.05) is 0 Å². The standard InChI is InChI=1S/2C3H8.W/c2*1-3-2;/h2*3H2,1-2H3;. The van der Waals surface area contributed by atoms with Gasteiger partial charge in [-0.1, -0.05) is 40.5 Å². The molecule has 0 aromatic carbocycles. The summed E-state index contributed by atoms with van der Waals surface area (Å²) in [6, 6.07) is 0. The van der Waals surface area contributed by atoms with Crippen LogP contribution in [0.1, 0.15) is 40.5 Å². The van der Waals surface area contributed by atoms with Crippen LogP contribution in [-0.4, -0.2) is 0 Å². The Morgan fingerprint density at radius 3 is 0.714 bits per heavy atom. The Balaban J connectivity index is -0.0000000400. The number of hydrogen-bond acceptors (Lipinski definition) is 0. The molecule has 0 fully saturated rings. The van der Waals surface area contributed by atoms with Crippen molar-refractivity contribution >= 4 is 0 Å². The molecule has 0 aliphatic rings. The van der Waals surface area contributed by atoms with Crippen molar-refractivity contribution in [2.24, 2.45) is 0 Å². The third-order valence-corrected chi connectivity index (χ3v) is 0. The van der Waals surface area contributed by atoms with Crippen LogP contribution in [0, 0.1) is 0 Å². The summed E-state index contributed by atoms with van der Waals surface area (Å²) in [7, 11) is 0. The zero-order chi connectivity index (χ0) is 5.41. The molecule has 0 bridgehead atoms. The molecule has 7 heavy (non-hydrogen) atoms. The van der Waals surface area contributed by atoms with E-state index in [0.717, 1.165) is 0 Å². The van der Waals surface area contributed by atoms with E-state index < -0.39 is 0 Å². The number of hydrogen-bond donors (Lipinski definition) is 0. The largest absolute Gasteiger partial charge is 0.0656 e. The molecule has 0 heterocycles. The van der Waals surface area contributed by atoms with Gasteiger partial charge < -0.3 is 0 Å². The molecular formula is C6H16W. The first-order valence-electron chi connectivity index (χ1n) is 2.83. The zero-order valence-corrected chi connectivity index (χ0v) is 8.76.